The van der Waals surface area contributed by atoms with E-state index in [0.717, 1.165) is 0 Å². The third kappa shape index (κ3) is 7.31. The summed E-state index contributed by atoms with van der Waals surface area (Å²) in [6.45, 7) is 10.5. The topological polar surface area (TPSA) is 79.3 Å². The summed E-state index contributed by atoms with van der Waals surface area (Å²) in [6.07, 6.45) is 6.90. The fourth-order valence-electron chi connectivity index (χ4n) is 1.08. The third-order valence-electron chi connectivity index (χ3n) is 1.96. The minimum absolute atomic E-state index is 0.138. The highest BCUT2D eigenvalue weighted by Gasteiger charge is 2.08. The van der Waals surface area contributed by atoms with Gasteiger partial charge >= 0.3 is 11.9 Å². The number of ether oxygens (including phenoxy) is 2. The molecule has 6 nitrogen and oxygen atoms in total. The van der Waals surface area contributed by atoms with E-state index >= 15 is 0 Å². The highest BCUT2D eigenvalue weighted by Crippen LogP contribution is 2.01. The van der Waals surface area contributed by atoms with E-state index in [-0.39, 0.29) is 24.5 Å². The van der Waals surface area contributed by atoms with Gasteiger partial charge in [0, 0.05) is 0 Å². The smallest absolute Gasteiger partial charge is 0.344 e. The molecule has 0 atom stereocenters. The standard InChI is InChI=1S/C15H15N2O4/c1-4-20-14(18)12(11-16)9-7-6-8-10-13(17-3)15(19)21-5-2/h6-10H,4-5H2,1-2H3/q-1. The second kappa shape index (κ2) is 11.0. The monoisotopic (exact) mass is 287 g/mol. The maximum Gasteiger partial charge on any atom is 0.344 e. The van der Waals surface area contributed by atoms with Gasteiger partial charge in [0.15, 0.2) is 0 Å². The Bertz CT molecular complexity index is 559. The number of hydrogen-bond acceptors (Lipinski definition) is 4. The van der Waals surface area contributed by atoms with Gasteiger partial charge in [-0.05, 0) is 26.0 Å². The summed E-state index contributed by atoms with van der Waals surface area (Å²) in [5, 5.41) is 8.76. The first kappa shape index (κ1) is 18.1. The number of nitrogens with zero attached hydrogens (tertiary/aromatic N) is 2. The van der Waals surface area contributed by atoms with Gasteiger partial charge < -0.3 is 14.9 Å². The molecule has 6 heteroatoms. The van der Waals surface area contributed by atoms with Crippen LogP contribution < -0.4 is 0 Å². The van der Waals surface area contributed by atoms with Crippen LogP contribution in [0, 0.1) is 6.57 Å². The van der Waals surface area contributed by atoms with E-state index in [0.29, 0.717) is 0 Å². The van der Waals surface area contributed by atoms with Crippen LogP contribution in [0.4, 0.5) is 0 Å². The molecule has 0 spiro atoms. The minimum Gasteiger partial charge on any atom is -0.763 e. The Kier molecular flexibility index (Phi) is 9.46. The molecule has 0 rings (SSSR count). The van der Waals surface area contributed by atoms with E-state index in [1.54, 1.807) is 19.7 Å². The average molecular weight is 287 g/mol. The van der Waals surface area contributed by atoms with Gasteiger partial charge in [-0.2, -0.15) is 0 Å². The van der Waals surface area contributed by atoms with E-state index in [2.05, 4.69) is 14.3 Å². The zero-order valence-electron chi connectivity index (χ0n) is 11.8. The Labute approximate surface area is 123 Å². The van der Waals surface area contributed by atoms with Crippen molar-refractivity contribution in [2.45, 2.75) is 13.8 Å². The molecule has 0 N–H and O–H groups in total. The first-order chi connectivity index (χ1) is 10.1. The fourth-order valence-corrected chi connectivity index (χ4v) is 1.08. The molecule has 0 aliphatic carbocycles. The van der Waals surface area contributed by atoms with E-state index < -0.39 is 11.9 Å². The summed E-state index contributed by atoms with van der Waals surface area (Å²) in [5.74, 6) is 0.318. The van der Waals surface area contributed by atoms with Crippen molar-refractivity contribution in [3.63, 3.8) is 0 Å². The molecule has 110 valence electrons. The van der Waals surface area contributed by atoms with Gasteiger partial charge in [0.1, 0.15) is 0 Å². The molecule has 0 amide bonds. The predicted molar refractivity (Wildman–Crippen MR) is 78.1 cm³/mol. The number of carbonyl (C=O) groups is 2. The third-order valence-corrected chi connectivity index (χ3v) is 1.96. The summed E-state index contributed by atoms with van der Waals surface area (Å²) < 4.78 is 9.36. The van der Waals surface area contributed by atoms with Crippen molar-refractivity contribution in [3.05, 3.63) is 58.5 Å². The Hall–Kier alpha value is -2.90. The van der Waals surface area contributed by atoms with Gasteiger partial charge in [-0.1, -0.05) is 18.2 Å². The van der Waals surface area contributed by atoms with Gasteiger partial charge in [0.25, 0.3) is 5.70 Å². The second-order valence-electron chi connectivity index (χ2n) is 3.37. The Balaban J connectivity index is 4.73. The van der Waals surface area contributed by atoms with Gasteiger partial charge in [0.2, 0.25) is 0 Å². The maximum atomic E-state index is 11.3. The van der Waals surface area contributed by atoms with Gasteiger partial charge in [0.05, 0.1) is 25.4 Å². The Morgan fingerprint density at radius 3 is 2.29 bits per heavy atom. The van der Waals surface area contributed by atoms with Crippen LogP contribution in [-0.2, 0) is 19.1 Å². The summed E-state index contributed by atoms with van der Waals surface area (Å²) in [6, 6.07) is 0. The molecule has 0 aliphatic rings. The van der Waals surface area contributed by atoms with Crippen LogP contribution in [-0.4, -0.2) is 31.0 Å². The zero-order valence-corrected chi connectivity index (χ0v) is 11.8. The van der Waals surface area contributed by atoms with Crippen molar-refractivity contribution in [3.8, 4) is 0 Å². The Morgan fingerprint density at radius 1 is 1.14 bits per heavy atom. The Morgan fingerprint density at radius 2 is 1.76 bits per heavy atom. The van der Waals surface area contributed by atoms with E-state index in [9.17, 15) is 9.59 Å². The average Bonchev–Trinajstić information content (AvgIpc) is 2.47. The van der Waals surface area contributed by atoms with E-state index in [4.69, 9.17) is 12.0 Å². The van der Waals surface area contributed by atoms with Crippen LogP contribution in [0.1, 0.15) is 13.8 Å². The highest BCUT2D eigenvalue weighted by atomic mass is 16.5. The summed E-state index contributed by atoms with van der Waals surface area (Å²) in [4.78, 5) is 25.6. The van der Waals surface area contributed by atoms with Crippen LogP contribution in [0.25, 0.3) is 10.3 Å². The molecule has 0 aromatic rings. The van der Waals surface area contributed by atoms with Crippen LogP contribution in [0.5, 0.6) is 0 Å². The number of carbonyl (C=O) groups excluding carboxylic acids is 2. The zero-order chi connectivity index (χ0) is 16.1. The van der Waals surface area contributed by atoms with Crippen molar-refractivity contribution < 1.29 is 19.1 Å². The number of rotatable bonds is 7. The lowest BCUT2D eigenvalue weighted by atomic mass is 10.2. The molecule has 0 radical (unpaired) electrons. The predicted octanol–water partition coefficient (Wildman–Crippen LogP) is 2.19. The van der Waals surface area contributed by atoms with Crippen LogP contribution in [0.15, 0.2) is 41.7 Å². The quantitative estimate of drug-likeness (QED) is 0.236. The maximum absolute atomic E-state index is 11.3. The molecule has 0 aromatic heterocycles. The molecular weight excluding hydrogens is 272 g/mol. The van der Waals surface area contributed by atoms with Crippen LogP contribution in [0.3, 0.4) is 0 Å². The number of hydrogen-bond donors (Lipinski definition) is 0. The molecule has 0 bridgehead atoms. The van der Waals surface area contributed by atoms with Crippen molar-refractivity contribution in [2.75, 3.05) is 13.2 Å². The molecule has 0 saturated heterocycles. The highest BCUT2D eigenvalue weighted by molar-refractivity contribution is 6.01. The minimum atomic E-state index is -0.700. The van der Waals surface area contributed by atoms with Crippen molar-refractivity contribution in [1.82, 2.24) is 0 Å². The van der Waals surface area contributed by atoms with Crippen molar-refractivity contribution in [1.29, 1.82) is 0 Å². The molecular formula is C15H15N2O4-. The van der Waals surface area contributed by atoms with Crippen molar-refractivity contribution in [2.24, 2.45) is 0 Å². The summed E-state index contributed by atoms with van der Waals surface area (Å²) >= 11 is 0. The van der Waals surface area contributed by atoms with E-state index in [1.165, 1.54) is 30.4 Å². The van der Waals surface area contributed by atoms with Gasteiger partial charge in [-0.3, -0.25) is 10.7 Å². The molecule has 0 aromatic carbocycles. The largest absolute Gasteiger partial charge is 0.763 e. The lowest BCUT2D eigenvalue weighted by molar-refractivity contribution is -0.138. The first-order valence-corrected chi connectivity index (χ1v) is 6.14. The summed E-state index contributed by atoms with van der Waals surface area (Å²) in [5.41, 5.74) is -0.294. The fraction of sp³-hybridized carbons (Fsp3) is 0.267. The molecule has 0 heterocycles. The molecule has 21 heavy (non-hydrogen) atoms. The van der Waals surface area contributed by atoms with E-state index in [1.807, 2.05) is 0 Å². The van der Waals surface area contributed by atoms with Crippen LogP contribution in [0.2, 0.25) is 0 Å². The van der Waals surface area contributed by atoms with Gasteiger partial charge in [-0.15, -0.1) is 0 Å². The number of esters is 2. The molecule has 0 saturated carbocycles. The molecule has 0 aliphatic heterocycles. The van der Waals surface area contributed by atoms with Crippen LogP contribution >= 0.6 is 0 Å². The SMILES string of the molecule is [C-]#[N+]C(=CC=CC=CC(=C=[N-])C(=O)OCC)C(=O)OCC. The lowest BCUT2D eigenvalue weighted by Gasteiger charge is -2.00. The second-order valence-corrected chi connectivity index (χ2v) is 3.37. The molecule has 0 fully saturated rings. The van der Waals surface area contributed by atoms with Crippen molar-refractivity contribution >= 4 is 17.8 Å². The lowest BCUT2D eigenvalue weighted by Crippen LogP contribution is -2.06. The summed E-state index contributed by atoms with van der Waals surface area (Å²) in [7, 11) is 0. The normalized spacial score (nSPS) is 11.0. The molecule has 0 unspecified atom stereocenters. The van der Waals surface area contributed by atoms with Gasteiger partial charge in [-0.25, -0.2) is 9.64 Å². The first-order valence-electron chi connectivity index (χ1n) is 6.14. The number of allylic oxidation sites excluding steroid dienone is 4.